The van der Waals surface area contributed by atoms with Crippen molar-refractivity contribution >= 4 is 23.6 Å². The predicted molar refractivity (Wildman–Crippen MR) is 114 cm³/mol. The van der Waals surface area contributed by atoms with Gasteiger partial charge in [-0.3, -0.25) is 14.7 Å². The Kier molecular flexibility index (Phi) is 8.12. The van der Waals surface area contributed by atoms with Crippen molar-refractivity contribution in [2.45, 2.75) is 44.8 Å². The van der Waals surface area contributed by atoms with Gasteiger partial charge in [0, 0.05) is 69.3 Å². The van der Waals surface area contributed by atoms with Crippen LogP contribution in [0.1, 0.15) is 39.5 Å². The Morgan fingerprint density at radius 2 is 1.89 bits per heavy atom. The number of piperazine rings is 1. The number of amides is 1. The van der Waals surface area contributed by atoms with Crippen molar-refractivity contribution in [2.24, 2.45) is 10.9 Å². The van der Waals surface area contributed by atoms with Crippen LogP contribution >= 0.6 is 11.8 Å². The van der Waals surface area contributed by atoms with Gasteiger partial charge >= 0.3 is 0 Å². The molecule has 1 aliphatic carbocycles. The van der Waals surface area contributed by atoms with Gasteiger partial charge in [0.25, 0.3) is 0 Å². The molecule has 2 heterocycles. The third-order valence-corrected chi connectivity index (χ3v) is 7.42. The molecule has 3 aliphatic rings. The third kappa shape index (κ3) is 5.76. The van der Waals surface area contributed by atoms with Crippen molar-refractivity contribution in [3.05, 3.63) is 0 Å². The minimum atomic E-state index is 0.332. The van der Waals surface area contributed by atoms with Gasteiger partial charge in [-0.05, 0) is 26.2 Å². The van der Waals surface area contributed by atoms with E-state index in [2.05, 4.69) is 45.6 Å². The zero-order chi connectivity index (χ0) is 19.1. The summed E-state index contributed by atoms with van der Waals surface area (Å²) in [4.78, 5) is 24.2. The van der Waals surface area contributed by atoms with E-state index in [9.17, 15) is 4.79 Å². The molecule has 0 spiro atoms. The smallest absolute Gasteiger partial charge is 0.225 e. The van der Waals surface area contributed by atoms with E-state index in [0.717, 1.165) is 83.0 Å². The third-order valence-electron chi connectivity index (χ3n) is 6.04. The standard InChI is InChI=1S/C20H37N5OS/c1-3-18-16-25(14-15-27-18)20(21-4-2)22-8-9-23-10-12-24(13-11-23)19(26)17-6-5-7-17/h17-18H,3-16H2,1-2H3,(H,21,22). The molecule has 0 aromatic heterocycles. The first-order chi connectivity index (χ1) is 13.2. The van der Waals surface area contributed by atoms with Crippen LogP contribution in [0.2, 0.25) is 0 Å². The van der Waals surface area contributed by atoms with E-state index < -0.39 is 0 Å². The summed E-state index contributed by atoms with van der Waals surface area (Å²) in [7, 11) is 0. The minimum Gasteiger partial charge on any atom is -0.357 e. The first kappa shape index (κ1) is 20.8. The molecule has 154 valence electrons. The number of guanidine groups is 1. The van der Waals surface area contributed by atoms with Crippen LogP contribution in [0.4, 0.5) is 0 Å². The normalized spacial score (nSPS) is 25.4. The van der Waals surface area contributed by atoms with Gasteiger partial charge < -0.3 is 15.1 Å². The molecule has 1 atom stereocenters. The number of carbonyl (C=O) groups excluding carboxylic acids is 1. The molecule has 3 fully saturated rings. The van der Waals surface area contributed by atoms with Crippen LogP contribution in [0.15, 0.2) is 4.99 Å². The van der Waals surface area contributed by atoms with Gasteiger partial charge in [-0.25, -0.2) is 0 Å². The number of thioether (sulfide) groups is 1. The van der Waals surface area contributed by atoms with Gasteiger partial charge in [-0.15, -0.1) is 0 Å². The topological polar surface area (TPSA) is 51.2 Å². The summed E-state index contributed by atoms with van der Waals surface area (Å²) in [5, 5.41) is 4.20. The number of nitrogens with one attached hydrogen (secondary N) is 1. The first-order valence-corrected chi connectivity index (χ1v) is 11.9. The van der Waals surface area contributed by atoms with Crippen LogP contribution < -0.4 is 5.32 Å². The van der Waals surface area contributed by atoms with Crippen LogP contribution in [0.5, 0.6) is 0 Å². The maximum Gasteiger partial charge on any atom is 0.225 e. The molecule has 0 aromatic rings. The van der Waals surface area contributed by atoms with E-state index in [1.54, 1.807) is 0 Å². The fourth-order valence-corrected chi connectivity index (χ4v) is 5.17. The van der Waals surface area contributed by atoms with Crippen molar-refractivity contribution in [3.8, 4) is 0 Å². The van der Waals surface area contributed by atoms with Crippen molar-refractivity contribution in [3.63, 3.8) is 0 Å². The van der Waals surface area contributed by atoms with Gasteiger partial charge in [0.15, 0.2) is 5.96 Å². The largest absolute Gasteiger partial charge is 0.357 e. The second-order valence-corrected chi connectivity index (χ2v) is 9.29. The number of carbonyl (C=O) groups is 1. The molecule has 3 rings (SSSR count). The molecule has 1 saturated carbocycles. The molecule has 7 heteroatoms. The van der Waals surface area contributed by atoms with E-state index in [-0.39, 0.29) is 0 Å². The molecular formula is C20H37N5OS. The molecule has 0 radical (unpaired) electrons. The Hall–Kier alpha value is -0.950. The molecule has 0 bridgehead atoms. The van der Waals surface area contributed by atoms with Crippen molar-refractivity contribution < 1.29 is 4.79 Å². The zero-order valence-corrected chi connectivity index (χ0v) is 18.0. The fourth-order valence-electron chi connectivity index (χ4n) is 3.99. The fraction of sp³-hybridized carbons (Fsp3) is 0.900. The lowest BCUT2D eigenvalue weighted by Gasteiger charge is -2.38. The molecular weight excluding hydrogens is 358 g/mol. The summed E-state index contributed by atoms with van der Waals surface area (Å²) >= 11 is 2.09. The van der Waals surface area contributed by atoms with Crippen LogP contribution in [0.25, 0.3) is 0 Å². The Labute approximate surface area is 169 Å². The number of nitrogens with zero attached hydrogens (tertiary/aromatic N) is 4. The molecule has 1 unspecified atom stereocenters. The highest BCUT2D eigenvalue weighted by atomic mass is 32.2. The van der Waals surface area contributed by atoms with Gasteiger partial charge in [0.2, 0.25) is 5.91 Å². The van der Waals surface area contributed by atoms with Gasteiger partial charge in [-0.2, -0.15) is 11.8 Å². The van der Waals surface area contributed by atoms with Crippen LogP contribution in [0.3, 0.4) is 0 Å². The predicted octanol–water partition coefficient (Wildman–Crippen LogP) is 1.72. The number of rotatable bonds is 6. The zero-order valence-electron chi connectivity index (χ0n) is 17.2. The molecule has 27 heavy (non-hydrogen) atoms. The highest BCUT2D eigenvalue weighted by molar-refractivity contribution is 8.00. The number of hydrogen-bond donors (Lipinski definition) is 1. The average molecular weight is 396 g/mol. The average Bonchev–Trinajstić information content (AvgIpc) is 2.66. The lowest BCUT2D eigenvalue weighted by atomic mass is 9.84. The Balaban J connectivity index is 1.42. The summed E-state index contributed by atoms with van der Waals surface area (Å²) in [6.07, 6.45) is 4.67. The van der Waals surface area contributed by atoms with Crippen molar-refractivity contribution in [2.75, 3.05) is 64.7 Å². The van der Waals surface area contributed by atoms with Gasteiger partial charge in [0.1, 0.15) is 0 Å². The molecule has 1 N–H and O–H groups in total. The summed E-state index contributed by atoms with van der Waals surface area (Å²) in [6, 6.07) is 0. The highest BCUT2D eigenvalue weighted by Crippen LogP contribution is 2.28. The lowest BCUT2D eigenvalue weighted by molar-refractivity contribution is -0.139. The summed E-state index contributed by atoms with van der Waals surface area (Å²) < 4.78 is 0. The second kappa shape index (κ2) is 10.6. The molecule has 0 aromatic carbocycles. The molecule has 6 nitrogen and oxygen atoms in total. The number of aliphatic imine (C=N–C) groups is 1. The van der Waals surface area contributed by atoms with Crippen LogP contribution in [-0.4, -0.2) is 96.5 Å². The van der Waals surface area contributed by atoms with Crippen molar-refractivity contribution in [1.82, 2.24) is 20.0 Å². The van der Waals surface area contributed by atoms with E-state index >= 15 is 0 Å². The number of hydrogen-bond acceptors (Lipinski definition) is 4. The Morgan fingerprint density at radius 3 is 2.52 bits per heavy atom. The Morgan fingerprint density at radius 1 is 1.11 bits per heavy atom. The maximum atomic E-state index is 12.4. The van der Waals surface area contributed by atoms with Crippen molar-refractivity contribution in [1.29, 1.82) is 0 Å². The molecule has 1 amide bonds. The quantitative estimate of drug-likeness (QED) is 0.548. The maximum absolute atomic E-state index is 12.4. The monoisotopic (exact) mass is 395 g/mol. The highest BCUT2D eigenvalue weighted by Gasteiger charge is 2.31. The molecule has 2 saturated heterocycles. The van der Waals surface area contributed by atoms with Gasteiger partial charge in [0.05, 0.1) is 6.54 Å². The first-order valence-electron chi connectivity index (χ1n) is 10.9. The second-order valence-electron chi connectivity index (χ2n) is 7.88. The van der Waals surface area contributed by atoms with E-state index in [0.29, 0.717) is 11.8 Å². The van der Waals surface area contributed by atoms with Gasteiger partial charge in [-0.1, -0.05) is 13.3 Å². The lowest BCUT2D eigenvalue weighted by Crippen LogP contribution is -2.51. The van der Waals surface area contributed by atoms with E-state index in [4.69, 9.17) is 4.99 Å². The van der Waals surface area contributed by atoms with E-state index in [1.165, 1.54) is 18.6 Å². The SMILES string of the molecule is CCNC(=NCCN1CCN(C(=O)C2CCC2)CC1)N1CCSC(CC)C1. The summed E-state index contributed by atoms with van der Waals surface area (Å²) in [5.41, 5.74) is 0. The summed E-state index contributed by atoms with van der Waals surface area (Å²) in [6.45, 7) is 13.1. The molecule has 2 aliphatic heterocycles. The summed E-state index contributed by atoms with van der Waals surface area (Å²) in [5.74, 6) is 3.01. The van der Waals surface area contributed by atoms with Crippen LogP contribution in [0, 0.1) is 5.92 Å². The van der Waals surface area contributed by atoms with Crippen LogP contribution in [-0.2, 0) is 4.79 Å². The Bertz CT molecular complexity index is 503. The van der Waals surface area contributed by atoms with E-state index in [1.807, 2.05) is 0 Å². The minimum absolute atomic E-state index is 0.332.